The predicted octanol–water partition coefficient (Wildman–Crippen LogP) is 5.10. The Bertz CT molecular complexity index is 1630. The van der Waals surface area contributed by atoms with Crippen LogP contribution in [0.3, 0.4) is 0 Å². The maximum absolute atomic E-state index is 13.7. The summed E-state index contributed by atoms with van der Waals surface area (Å²) in [5.41, 5.74) is 5.76. The highest BCUT2D eigenvalue weighted by atomic mass is 16.5. The van der Waals surface area contributed by atoms with Gasteiger partial charge < -0.3 is 19.5 Å². The molecule has 1 aromatic carbocycles. The van der Waals surface area contributed by atoms with Crippen molar-refractivity contribution in [3.8, 4) is 17.1 Å². The van der Waals surface area contributed by atoms with Crippen molar-refractivity contribution in [3.63, 3.8) is 0 Å². The molecule has 1 atom stereocenters. The van der Waals surface area contributed by atoms with Crippen LogP contribution in [0.5, 0.6) is 5.88 Å². The summed E-state index contributed by atoms with van der Waals surface area (Å²) < 4.78 is 10.2. The van der Waals surface area contributed by atoms with Crippen molar-refractivity contribution in [1.29, 1.82) is 0 Å². The molecule has 0 radical (unpaired) electrons. The second kappa shape index (κ2) is 10.7. The first-order valence-corrected chi connectivity index (χ1v) is 15.2. The number of ether oxygens (including phenoxy) is 1. The lowest BCUT2D eigenvalue weighted by Crippen LogP contribution is -2.46. The molecule has 2 N–H and O–H groups in total. The highest BCUT2D eigenvalue weighted by Gasteiger charge is 2.33. The Labute approximate surface area is 246 Å². The number of amides is 1. The van der Waals surface area contributed by atoms with Gasteiger partial charge in [-0.15, -0.1) is 0 Å². The zero-order valence-corrected chi connectivity index (χ0v) is 24.9. The number of nitrogens with one attached hydrogen (secondary N) is 2. The van der Waals surface area contributed by atoms with Gasteiger partial charge in [0.1, 0.15) is 0 Å². The molecule has 4 aromatic rings. The fourth-order valence-electron chi connectivity index (χ4n) is 6.54. The Hall–Kier alpha value is -3.92. The molecule has 2 bridgehead atoms. The molecular formula is C32H40N8O2. The van der Waals surface area contributed by atoms with Crippen LogP contribution in [0.4, 0.5) is 11.6 Å². The summed E-state index contributed by atoms with van der Waals surface area (Å²) in [6.45, 7) is 3.32. The average Bonchev–Trinajstić information content (AvgIpc) is 3.64. The van der Waals surface area contributed by atoms with Crippen LogP contribution in [0, 0.1) is 18.8 Å². The smallest absolute Gasteiger partial charge is 0.258 e. The van der Waals surface area contributed by atoms with Crippen molar-refractivity contribution >= 4 is 28.6 Å². The SMILES string of the molecule is Cc1cc2cc(n1)-c1cnn(C)c1OCCC[C@@H](C1CC1)Cn1c(nc3cc(NC4CC(N(C)C)C4)ccc31)NC2=O. The van der Waals surface area contributed by atoms with Gasteiger partial charge in [0.2, 0.25) is 11.8 Å². The van der Waals surface area contributed by atoms with Gasteiger partial charge in [0.15, 0.2) is 0 Å². The molecule has 3 aliphatic rings. The predicted molar refractivity (Wildman–Crippen MR) is 164 cm³/mol. The highest BCUT2D eigenvalue weighted by Crippen LogP contribution is 2.41. The maximum Gasteiger partial charge on any atom is 0.258 e. The number of anilines is 2. The molecule has 0 spiro atoms. The van der Waals surface area contributed by atoms with E-state index >= 15 is 0 Å². The van der Waals surface area contributed by atoms with Crippen LogP contribution in [-0.4, -0.2) is 67.9 Å². The second-order valence-electron chi connectivity index (χ2n) is 12.6. The molecule has 3 aromatic heterocycles. The molecule has 1 amide bonds. The minimum Gasteiger partial charge on any atom is -0.477 e. The number of carbonyl (C=O) groups is 1. The molecule has 2 saturated carbocycles. The lowest BCUT2D eigenvalue weighted by atomic mass is 9.86. The van der Waals surface area contributed by atoms with Crippen molar-refractivity contribution in [2.75, 3.05) is 31.3 Å². The number of nitrogens with zero attached hydrogens (tertiary/aromatic N) is 6. The zero-order chi connectivity index (χ0) is 29.0. The third-order valence-electron chi connectivity index (χ3n) is 9.23. The van der Waals surface area contributed by atoms with E-state index in [9.17, 15) is 4.79 Å². The Morgan fingerprint density at radius 3 is 2.69 bits per heavy atom. The highest BCUT2D eigenvalue weighted by molar-refractivity contribution is 6.05. The number of carbonyl (C=O) groups excluding carboxylic acids is 1. The van der Waals surface area contributed by atoms with Crippen LogP contribution >= 0.6 is 0 Å². The first-order valence-electron chi connectivity index (χ1n) is 15.2. The van der Waals surface area contributed by atoms with E-state index in [0.717, 1.165) is 60.2 Å². The fourth-order valence-corrected chi connectivity index (χ4v) is 6.54. The Balaban J connectivity index is 1.24. The third kappa shape index (κ3) is 5.24. The minimum atomic E-state index is -0.204. The van der Waals surface area contributed by atoms with Gasteiger partial charge in [-0.1, -0.05) is 0 Å². The van der Waals surface area contributed by atoms with Crippen LogP contribution in [0.25, 0.3) is 22.3 Å². The van der Waals surface area contributed by atoms with Gasteiger partial charge in [-0.3, -0.25) is 15.1 Å². The van der Waals surface area contributed by atoms with E-state index in [2.05, 4.69) is 57.5 Å². The molecule has 0 unspecified atom stereocenters. The van der Waals surface area contributed by atoms with Crippen LogP contribution in [-0.2, 0) is 13.6 Å². The normalized spacial score (nSPS) is 22.8. The molecule has 4 heterocycles. The number of aryl methyl sites for hydroxylation is 2. The number of pyridine rings is 1. The van der Waals surface area contributed by atoms with Crippen LogP contribution in [0.15, 0.2) is 36.5 Å². The quantitative estimate of drug-likeness (QED) is 0.353. The van der Waals surface area contributed by atoms with Gasteiger partial charge in [-0.25, -0.2) is 9.67 Å². The number of hydrogen-bond donors (Lipinski definition) is 2. The molecule has 2 aliphatic carbocycles. The van der Waals surface area contributed by atoms with E-state index in [1.165, 1.54) is 12.8 Å². The maximum atomic E-state index is 13.7. The van der Waals surface area contributed by atoms with E-state index < -0.39 is 0 Å². The van der Waals surface area contributed by atoms with Crippen molar-refractivity contribution in [2.45, 2.75) is 64.1 Å². The third-order valence-corrected chi connectivity index (χ3v) is 9.23. The lowest BCUT2D eigenvalue weighted by molar-refractivity contribution is 0.102. The summed E-state index contributed by atoms with van der Waals surface area (Å²) in [7, 11) is 6.17. The molecule has 0 saturated heterocycles. The number of rotatable bonds is 4. The molecule has 42 heavy (non-hydrogen) atoms. The number of benzene rings is 1. The topological polar surface area (TPSA) is 102 Å². The Morgan fingerprint density at radius 1 is 1.07 bits per heavy atom. The molecule has 7 rings (SSSR count). The van der Waals surface area contributed by atoms with Gasteiger partial charge in [-0.05, 0) is 102 Å². The number of hydrogen-bond acceptors (Lipinski definition) is 7. The van der Waals surface area contributed by atoms with Gasteiger partial charge in [0, 0.05) is 42.6 Å². The van der Waals surface area contributed by atoms with Crippen molar-refractivity contribution < 1.29 is 9.53 Å². The van der Waals surface area contributed by atoms with E-state index in [0.29, 0.717) is 53.6 Å². The van der Waals surface area contributed by atoms with Crippen molar-refractivity contribution in [3.05, 3.63) is 47.8 Å². The van der Waals surface area contributed by atoms with Crippen LogP contribution in [0.1, 0.15) is 54.6 Å². The Kier molecular flexibility index (Phi) is 6.88. The summed E-state index contributed by atoms with van der Waals surface area (Å²) in [5.74, 6) is 2.25. The van der Waals surface area contributed by atoms with E-state index in [1.54, 1.807) is 10.9 Å². The van der Waals surface area contributed by atoms with Gasteiger partial charge in [-0.2, -0.15) is 5.10 Å². The number of fused-ring (bicyclic) bond motifs is 7. The lowest BCUT2D eigenvalue weighted by Gasteiger charge is -2.40. The molecule has 2 fully saturated rings. The Morgan fingerprint density at radius 2 is 1.90 bits per heavy atom. The minimum absolute atomic E-state index is 0.204. The molecule has 220 valence electrons. The molecule has 10 nitrogen and oxygen atoms in total. The first-order chi connectivity index (χ1) is 20.3. The summed E-state index contributed by atoms with van der Waals surface area (Å²) in [6, 6.07) is 11.2. The summed E-state index contributed by atoms with van der Waals surface area (Å²) >= 11 is 0. The fraction of sp³-hybridized carbons (Fsp3) is 0.500. The molecule has 1 aliphatic heterocycles. The number of imidazole rings is 1. The summed E-state index contributed by atoms with van der Waals surface area (Å²) in [6.07, 6.45) is 8.54. The standard InChI is InChI=1S/C32H40N8O2/c1-19-12-22-13-27(34-19)26-17-33-39(4)31(26)42-11-5-6-21(20-7-8-20)18-40-29-10-9-23(35-24-14-25(15-24)38(2)3)16-28(29)36-32(40)37-30(22)41/h9-10,12-13,16-17,20-21,24-25,35H,5-8,11,14-15,18H2,1-4H3,(H,36,37,41)/t21-,24?,25?/m1/s1. The van der Waals surface area contributed by atoms with Crippen LogP contribution < -0.4 is 15.4 Å². The van der Waals surface area contributed by atoms with Crippen LogP contribution in [0.2, 0.25) is 0 Å². The largest absolute Gasteiger partial charge is 0.477 e. The first kappa shape index (κ1) is 26.9. The monoisotopic (exact) mass is 568 g/mol. The molecule has 10 heteroatoms. The molecular weight excluding hydrogens is 528 g/mol. The van der Waals surface area contributed by atoms with E-state index in [4.69, 9.17) is 14.7 Å². The number of aromatic nitrogens is 5. The van der Waals surface area contributed by atoms with Crippen molar-refractivity contribution in [1.82, 2.24) is 29.2 Å². The van der Waals surface area contributed by atoms with Gasteiger partial charge in [0.25, 0.3) is 5.91 Å². The van der Waals surface area contributed by atoms with Gasteiger partial charge in [0.05, 0.1) is 35.1 Å². The average molecular weight is 569 g/mol. The van der Waals surface area contributed by atoms with E-state index in [1.807, 2.05) is 26.1 Å². The zero-order valence-electron chi connectivity index (χ0n) is 24.9. The second-order valence-corrected chi connectivity index (χ2v) is 12.6. The van der Waals surface area contributed by atoms with Crippen molar-refractivity contribution in [2.24, 2.45) is 18.9 Å². The summed E-state index contributed by atoms with van der Waals surface area (Å²) in [5, 5.41) is 11.3. The van der Waals surface area contributed by atoms with Gasteiger partial charge >= 0.3 is 0 Å². The summed E-state index contributed by atoms with van der Waals surface area (Å²) in [4.78, 5) is 25.7. The van der Waals surface area contributed by atoms with E-state index in [-0.39, 0.29) is 5.91 Å².